The lowest BCUT2D eigenvalue weighted by Gasteiger charge is -2.50. The third-order valence-corrected chi connectivity index (χ3v) is 29.2. The molecule has 0 saturated heterocycles. The smallest absolute Gasteiger partial charge is 0.333 e. The second-order valence-corrected chi connectivity index (χ2v) is 34.6. The molecule has 2 atom stereocenters. The Kier molecular flexibility index (Phi) is 35.3. The van der Waals surface area contributed by atoms with Gasteiger partial charge in [-0.15, -0.1) is 0 Å². The van der Waals surface area contributed by atoms with E-state index in [2.05, 4.69) is 148 Å². The second-order valence-electron chi connectivity index (χ2n) is 21.9. The van der Waals surface area contributed by atoms with Crippen molar-refractivity contribution in [3.05, 3.63) is 48.6 Å². The number of aliphatic hydroxyl groups excluding tert-OH is 1. The number of ether oxygens (including phenoxy) is 5. The van der Waals surface area contributed by atoms with Gasteiger partial charge in [0.05, 0.1) is 29.4 Å². The van der Waals surface area contributed by atoms with Gasteiger partial charge in [0.1, 0.15) is 19.3 Å². The molecule has 0 aromatic rings. The first-order valence-corrected chi connectivity index (χ1v) is 29.5. The highest BCUT2D eigenvalue weighted by atomic mass is 35.5. The molecule has 0 bridgehead atoms. The zero-order valence-electron chi connectivity index (χ0n) is 46.1. The Morgan fingerprint density at radius 3 is 1.11 bits per heavy atom. The van der Waals surface area contributed by atoms with Crippen molar-refractivity contribution in [1.82, 2.24) is 4.90 Å². The van der Waals surface area contributed by atoms with Crippen molar-refractivity contribution in [2.45, 2.75) is 202 Å². The third kappa shape index (κ3) is 29.5. The van der Waals surface area contributed by atoms with Gasteiger partial charge in [0.2, 0.25) is 5.24 Å². The number of carbonyl (C=O) groups is 4. The van der Waals surface area contributed by atoms with Crippen molar-refractivity contribution in [3.8, 4) is 0 Å². The molecular weight excluding hydrogens is 890 g/mol. The van der Waals surface area contributed by atoms with Crippen LogP contribution in [0, 0.1) is 0 Å². The highest BCUT2D eigenvalue weighted by Crippen LogP contribution is 2.54. The van der Waals surface area contributed by atoms with E-state index in [1.54, 1.807) is 27.7 Å². The first-order valence-electron chi connectivity index (χ1n) is 23.7. The van der Waals surface area contributed by atoms with Gasteiger partial charge < -0.3 is 33.7 Å². The maximum atomic E-state index is 11.8. The summed E-state index contributed by atoms with van der Waals surface area (Å²) < 4.78 is 26.7. The zero-order valence-corrected chi connectivity index (χ0v) is 48.9. The minimum absolute atomic E-state index is 0.0534. The summed E-state index contributed by atoms with van der Waals surface area (Å²) >= 11 is 4.87. The van der Waals surface area contributed by atoms with Gasteiger partial charge in [-0.3, -0.25) is 4.79 Å². The van der Waals surface area contributed by atoms with Crippen molar-refractivity contribution in [2.75, 3.05) is 59.3 Å². The van der Waals surface area contributed by atoms with Gasteiger partial charge in [-0.2, -0.15) is 0 Å². The Balaban J connectivity index is -0.000000462. The van der Waals surface area contributed by atoms with Crippen LogP contribution in [0.4, 0.5) is 0 Å². The molecule has 0 spiro atoms. The highest BCUT2D eigenvalue weighted by molar-refractivity contribution is 6.84. The first kappa shape index (κ1) is 70.2. The average Bonchev–Trinajstić information content (AvgIpc) is 3.17. The molecule has 0 rings (SSSR count). The number of rotatable bonds is 24. The lowest BCUT2D eigenvalue weighted by atomic mass is 10.2. The van der Waals surface area contributed by atoms with Crippen LogP contribution in [0.1, 0.15) is 144 Å². The number of hydrogen-bond acceptors (Lipinski definition) is 11. The Bertz CT molecular complexity index is 1450. The molecule has 0 aliphatic heterocycles. The van der Waals surface area contributed by atoms with Crippen LogP contribution in [-0.4, -0.2) is 121 Å². The molecule has 2 unspecified atom stereocenters. The maximum Gasteiger partial charge on any atom is 0.333 e. The van der Waals surface area contributed by atoms with Gasteiger partial charge in [-0.25, -0.2) is 14.4 Å². The molecule has 11 nitrogen and oxygen atoms in total. The van der Waals surface area contributed by atoms with Crippen LogP contribution in [0.5, 0.6) is 0 Å². The summed E-state index contributed by atoms with van der Waals surface area (Å²) in [4.78, 5) is 46.9. The third-order valence-electron chi connectivity index (χ3n) is 13.0. The Morgan fingerprint density at radius 1 is 0.545 bits per heavy atom. The minimum atomic E-state index is -1.57. The summed E-state index contributed by atoms with van der Waals surface area (Å²) in [5.74, 6) is -1.52. The summed E-state index contributed by atoms with van der Waals surface area (Å²) in [6.07, 6.45) is 0.484. The topological polar surface area (TPSA) is 138 Å². The van der Waals surface area contributed by atoms with Crippen LogP contribution < -0.4 is 0 Å². The van der Waals surface area contributed by atoms with E-state index in [0.29, 0.717) is 55.7 Å². The molecule has 0 aliphatic carbocycles. The molecule has 0 heterocycles. The molecule has 0 aromatic heterocycles. The van der Waals surface area contributed by atoms with Crippen LogP contribution >= 0.6 is 11.6 Å². The van der Waals surface area contributed by atoms with Gasteiger partial charge in [-0.1, -0.05) is 155 Å². The Labute approximate surface area is 411 Å². The lowest BCUT2D eigenvalue weighted by Crippen LogP contribution is -2.48. The average molecular weight is 991 g/mol. The number of esters is 3. The van der Waals surface area contributed by atoms with Gasteiger partial charge in [-0.05, 0) is 91.9 Å². The fraction of sp³-hybridized carbons (Fsp3) is 0.769. The summed E-state index contributed by atoms with van der Waals surface area (Å²) in [7, 11) is -3.06. The molecule has 66 heavy (non-hydrogen) atoms. The molecule has 1 N–H and O–H groups in total. The van der Waals surface area contributed by atoms with Crippen molar-refractivity contribution < 1.29 is 48.0 Å². The molecule has 0 aromatic carbocycles. The van der Waals surface area contributed by atoms with Crippen molar-refractivity contribution in [1.29, 1.82) is 0 Å². The molecule has 14 heteroatoms. The van der Waals surface area contributed by atoms with Crippen LogP contribution in [0.15, 0.2) is 48.6 Å². The zero-order chi connectivity index (χ0) is 53.1. The van der Waals surface area contributed by atoms with Gasteiger partial charge in [0.25, 0.3) is 0 Å². The fourth-order valence-corrected chi connectivity index (χ4v) is 16.1. The largest absolute Gasteiger partial charge is 0.460 e. The standard InChI is InChI=1S/C23H42O5Si.C19H38O4Si.C6H15N.C4H5ClO/c1-17(2)20(24)27-16-19(28-21(25)18(3)4)15-26-13-12-14-29(11,22(5,6)7)23(8,9)10;1-15(2)17(21)23-14-16(20)13-22-11-10-12-24(9,18(3,4)5)19(6,7)8;1-4-7(5-2)6-3;1-3(2)4(5)6/h19H,1,3,12-16H2,2,4-11H3;16,20H,1,10-14H2,2-9H3;4-6H2,1-3H3;1H2,2H3. The van der Waals surface area contributed by atoms with E-state index in [9.17, 15) is 24.3 Å². The number of carbonyl (C=O) groups excluding carboxylic acids is 4. The number of aliphatic hydroxyl groups is 1. The van der Waals surface area contributed by atoms with E-state index in [0.717, 1.165) is 18.9 Å². The molecule has 0 fully saturated rings. The molecule has 388 valence electrons. The van der Waals surface area contributed by atoms with Crippen molar-refractivity contribution in [2.24, 2.45) is 0 Å². The lowest BCUT2D eigenvalue weighted by molar-refractivity contribution is -0.157. The maximum absolute atomic E-state index is 11.8. The number of hydrogen-bond donors (Lipinski definition) is 1. The summed E-state index contributed by atoms with van der Waals surface area (Å²) in [6, 6.07) is 2.35. The Morgan fingerprint density at radius 2 is 0.848 bits per heavy atom. The molecule has 0 saturated carbocycles. The highest BCUT2D eigenvalue weighted by Gasteiger charge is 2.48. The van der Waals surface area contributed by atoms with Gasteiger partial charge in [0.15, 0.2) is 6.10 Å². The minimum Gasteiger partial charge on any atom is -0.460 e. The summed E-state index contributed by atoms with van der Waals surface area (Å²) in [6.45, 7) is 64.9. The number of halogens is 1. The van der Waals surface area contributed by atoms with E-state index < -0.39 is 51.5 Å². The number of allylic oxidation sites excluding steroid dienone is 1. The number of nitrogens with zero attached hydrogens (tertiary/aromatic N) is 1. The monoisotopic (exact) mass is 990 g/mol. The van der Waals surface area contributed by atoms with Crippen LogP contribution in [0.2, 0.25) is 45.3 Å². The SMILES string of the molecule is C=C(C)C(=O)Cl.C=C(C)C(=O)OCC(COCCC[Si](C)(C(C)(C)C)C(C)(C)C)OC(=O)C(=C)C.C=C(C)C(=O)OCC(O)COCCC[Si](C)(C(C)(C)C)C(C)(C)C.CCN(CC)CC. The van der Waals surface area contributed by atoms with E-state index in [1.807, 2.05) is 0 Å². The molecule has 0 aliphatic rings. The van der Waals surface area contributed by atoms with Crippen LogP contribution in [-0.2, 0) is 42.9 Å². The van der Waals surface area contributed by atoms with Gasteiger partial charge >= 0.3 is 17.9 Å². The summed E-state index contributed by atoms with van der Waals surface area (Å²) in [5.41, 5.74) is 1.30. The molecule has 0 amide bonds. The quantitative estimate of drug-likeness (QED) is 0.0247. The summed E-state index contributed by atoms with van der Waals surface area (Å²) in [5, 5.41) is 10.6. The van der Waals surface area contributed by atoms with E-state index in [4.69, 9.17) is 35.3 Å². The predicted molar refractivity (Wildman–Crippen MR) is 284 cm³/mol. The molecular formula is C52H100ClNO10Si2. The van der Waals surface area contributed by atoms with Gasteiger partial charge in [0, 0.05) is 35.5 Å². The Hall–Kier alpha value is -2.40. The van der Waals surface area contributed by atoms with E-state index in [-0.39, 0.29) is 26.4 Å². The normalized spacial score (nSPS) is 13.0. The van der Waals surface area contributed by atoms with E-state index >= 15 is 0 Å². The van der Waals surface area contributed by atoms with Crippen molar-refractivity contribution in [3.63, 3.8) is 0 Å². The van der Waals surface area contributed by atoms with E-state index in [1.165, 1.54) is 25.7 Å². The van der Waals surface area contributed by atoms with Crippen molar-refractivity contribution >= 4 is 50.9 Å². The predicted octanol–water partition coefficient (Wildman–Crippen LogP) is 12.9. The fourth-order valence-electron chi connectivity index (χ4n) is 6.91. The first-order chi connectivity index (χ1) is 29.7. The second kappa shape index (κ2) is 33.2. The van der Waals surface area contributed by atoms with Crippen LogP contribution in [0.25, 0.3) is 0 Å². The molecule has 0 radical (unpaired) electrons. The van der Waals surface area contributed by atoms with Crippen LogP contribution in [0.3, 0.4) is 0 Å².